The summed E-state index contributed by atoms with van der Waals surface area (Å²) in [5, 5.41) is 0. The minimum Gasteiger partial charge on any atom is -0.462 e. The van der Waals surface area contributed by atoms with Crippen LogP contribution in [0.4, 0.5) is 0 Å². The molecule has 6 nitrogen and oxygen atoms in total. The smallest absolute Gasteiger partial charge is 0.306 e. The van der Waals surface area contributed by atoms with Crippen LogP contribution in [0.2, 0.25) is 0 Å². The van der Waals surface area contributed by atoms with Crippen LogP contribution in [0.25, 0.3) is 0 Å². The second-order valence-electron chi connectivity index (χ2n) is 20.6. The van der Waals surface area contributed by atoms with Gasteiger partial charge < -0.3 is 14.2 Å². The third-order valence-corrected chi connectivity index (χ3v) is 13.5. The first-order valence-corrected chi connectivity index (χ1v) is 30.8. The lowest BCUT2D eigenvalue weighted by molar-refractivity contribution is -0.167. The van der Waals surface area contributed by atoms with E-state index in [0.717, 1.165) is 96.3 Å². The molecule has 0 radical (unpaired) electrons. The molecule has 0 N–H and O–H groups in total. The first-order chi connectivity index (χ1) is 35.0. The van der Waals surface area contributed by atoms with Crippen LogP contribution in [-0.4, -0.2) is 37.2 Å². The molecule has 0 rings (SSSR count). The number of rotatable bonds is 56. The van der Waals surface area contributed by atoms with Gasteiger partial charge in [-0.25, -0.2) is 0 Å². The predicted molar refractivity (Wildman–Crippen MR) is 307 cm³/mol. The largest absolute Gasteiger partial charge is 0.462 e. The molecule has 0 aliphatic rings. The highest BCUT2D eigenvalue weighted by Crippen LogP contribution is 2.16. The zero-order chi connectivity index (χ0) is 51.4. The van der Waals surface area contributed by atoms with Crippen LogP contribution in [0.5, 0.6) is 0 Å². The maximum atomic E-state index is 12.9. The molecule has 0 saturated heterocycles. The molecule has 0 aliphatic heterocycles. The van der Waals surface area contributed by atoms with Crippen molar-refractivity contribution in [3.05, 3.63) is 60.8 Å². The molecule has 0 bridgehead atoms. The Kier molecular flexibility index (Phi) is 57.2. The summed E-state index contributed by atoms with van der Waals surface area (Å²) in [5.41, 5.74) is 0. The Bertz CT molecular complexity index is 1280. The van der Waals surface area contributed by atoms with Crippen molar-refractivity contribution in [1.29, 1.82) is 0 Å². The highest BCUT2D eigenvalue weighted by atomic mass is 16.6. The Labute approximate surface area is 440 Å². The van der Waals surface area contributed by atoms with Crippen molar-refractivity contribution >= 4 is 17.9 Å². The summed E-state index contributed by atoms with van der Waals surface area (Å²) in [4.78, 5) is 38.2. The second-order valence-corrected chi connectivity index (χ2v) is 20.6. The van der Waals surface area contributed by atoms with E-state index in [4.69, 9.17) is 14.2 Å². The van der Waals surface area contributed by atoms with Gasteiger partial charge >= 0.3 is 17.9 Å². The normalized spacial score (nSPS) is 12.4. The molecule has 1 unspecified atom stereocenters. The lowest BCUT2D eigenvalue weighted by atomic mass is 10.1. The summed E-state index contributed by atoms with van der Waals surface area (Å²) in [7, 11) is 0. The Morgan fingerprint density at radius 1 is 0.296 bits per heavy atom. The summed E-state index contributed by atoms with van der Waals surface area (Å²) in [5.74, 6) is -0.891. The molecule has 412 valence electrons. The quantitative estimate of drug-likeness (QED) is 0.0261. The number of unbranched alkanes of at least 4 members (excludes halogenated alkanes) is 35. The van der Waals surface area contributed by atoms with Crippen LogP contribution in [0, 0.1) is 0 Å². The van der Waals surface area contributed by atoms with Gasteiger partial charge in [0, 0.05) is 19.3 Å². The van der Waals surface area contributed by atoms with Crippen LogP contribution in [0.15, 0.2) is 60.8 Å². The predicted octanol–water partition coefficient (Wildman–Crippen LogP) is 20.8. The van der Waals surface area contributed by atoms with Gasteiger partial charge in [0.2, 0.25) is 0 Å². The second kappa shape index (κ2) is 59.7. The van der Waals surface area contributed by atoms with Crippen molar-refractivity contribution in [3.8, 4) is 0 Å². The van der Waals surface area contributed by atoms with Gasteiger partial charge in [0.05, 0.1) is 0 Å². The van der Waals surface area contributed by atoms with E-state index in [-0.39, 0.29) is 31.1 Å². The van der Waals surface area contributed by atoms with E-state index in [0.29, 0.717) is 19.3 Å². The topological polar surface area (TPSA) is 78.9 Å². The molecule has 0 aromatic carbocycles. The SMILES string of the molecule is CC/C=C\C/C=C\C/C=C\CCCCCCCC(=O)OCC(COC(=O)CCCCCCCCCCC/C=C\CCCCCCCCCC)OC(=O)CCCCCCCCC/C=C\CCCCCCCC. The first-order valence-electron chi connectivity index (χ1n) is 30.8. The molecule has 0 heterocycles. The number of carbonyl (C=O) groups excluding carboxylic acids is 3. The van der Waals surface area contributed by atoms with Crippen molar-refractivity contribution in [2.75, 3.05) is 13.2 Å². The Hall–Kier alpha value is -2.89. The average molecular weight is 994 g/mol. The van der Waals surface area contributed by atoms with E-state index in [9.17, 15) is 14.4 Å². The van der Waals surface area contributed by atoms with E-state index in [1.54, 1.807) is 0 Å². The summed E-state index contributed by atoms with van der Waals surface area (Å²) >= 11 is 0. The van der Waals surface area contributed by atoms with E-state index >= 15 is 0 Å². The van der Waals surface area contributed by atoms with Crippen molar-refractivity contribution in [2.45, 2.75) is 322 Å². The number of esters is 3. The fourth-order valence-electron chi connectivity index (χ4n) is 8.86. The molecule has 0 aromatic rings. The molecule has 1 atom stereocenters. The monoisotopic (exact) mass is 993 g/mol. The van der Waals surface area contributed by atoms with Crippen LogP contribution in [0.1, 0.15) is 316 Å². The van der Waals surface area contributed by atoms with Gasteiger partial charge in [-0.05, 0) is 103 Å². The Morgan fingerprint density at radius 2 is 0.549 bits per heavy atom. The molecule has 0 amide bonds. The maximum absolute atomic E-state index is 12.9. The van der Waals surface area contributed by atoms with Crippen LogP contribution in [-0.2, 0) is 28.6 Å². The molecule has 0 saturated carbocycles. The summed E-state index contributed by atoms with van der Waals surface area (Å²) in [6, 6.07) is 0. The number of allylic oxidation sites excluding steroid dienone is 10. The number of hydrogen-bond donors (Lipinski definition) is 0. The molecular formula is C65H116O6. The highest BCUT2D eigenvalue weighted by molar-refractivity contribution is 5.71. The number of carbonyl (C=O) groups is 3. The lowest BCUT2D eigenvalue weighted by Crippen LogP contribution is -2.30. The van der Waals surface area contributed by atoms with Gasteiger partial charge in [-0.3, -0.25) is 14.4 Å². The summed E-state index contributed by atoms with van der Waals surface area (Å²) in [6.07, 6.45) is 75.0. The van der Waals surface area contributed by atoms with Crippen LogP contribution >= 0.6 is 0 Å². The van der Waals surface area contributed by atoms with Gasteiger partial charge in [0.25, 0.3) is 0 Å². The fourth-order valence-corrected chi connectivity index (χ4v) is 8.86. The minimum absolute atomic E-state index is 0.0812. The van der Waals surface area contributed by atoms with Crippen LogP contribution < -0.4 is 0 Å². The Balaban J connectivity index is 4.36. The maximum Gasteiger partial charge on any atom is 0.306 e. The molecule has 0 fully saturated rings. The van der Waals surface area contributed by atoms with Gasteiger partial charge in [0.15, 0.2) is 6.10 Å². The number of ether oxygens (including phenoxy) is 3. The zero-order valence-corrected chi connectivity index (χ0v) is 47.2. The van der Waals surface area contributed by atoms with Gasteiger partial charge in [-0.1, -0.05) is 255 Å². The average Bonchev–Trinajstić information content (AvgIpc) is 3.37. The molecule has 6 heteroatoms. The molecule has 0 aliphatic carbocycles. The van der Waals surface area contributed by atoms with Crippen molar-refractivity contribution in [2.24, 2.45) is 0 Å². The van der Waals surface area contributed by atoms with E-state index in [1.807, 2.05) is 0 Å². The molecular weight excluding hydrogens is 877 g/mol. The first kappa shape index (κ1) is 68.1. The number of hydrogen-bond acceptors (Lipinski definition) is 6. The highest BCUT2D eigenvalue weighted by Gasteiger charge is 2.19. The van der Waals surface area contributed by atoms with Gasteiger partial charge in [0.1, 0.15) is 13.2 Å². The molecule has 0 spiro atoms. The van der Waals surface area contributed by atoms with Gasteiger partial charge in [-0.15, -0.1) is 0 Å². The Morgan fingerprint density at radius 3 is 0.873 bits per heavy atom. The molecule has 71 heavy (non-hydrogen) atoms. The van der Waals surface area contributed by atoms with E-state index in [2.05, 4.69) is 81.5 Å². The molecule has 0 aromatic heterocycles. The standard InChI is InChI=1S/C65H116O6/c1-4-7-10-13-16-19-22-25-28-30-31-32-33-35-37-40-43-46-49-52-55-58-64(67)70-61-62(60-69-63(66)57-54-51-48-45-42-39-36-27-24-21-18-15-12-9-6-3)71-65(68)59-56-53-50-47-44-41-38-34-29-26-23-20-17-14-11-8-5-2/h9,12,18,21,26-27,29-31,36,62H,4-8,10-11,13-17,19-20,22-25,28,32-35,37-61H2,1-3H3/b12-9-,21-18-,29-26-,31-30-,36-27-. The lowest BCUT2D eigenvalue weighted by Gasteiger charge is -2.18. The van der Waals surface area contributed by atoms with Gasteiger partial charge in [-0.2, -0.15) is 0 Å². The third-order valence-electron chi connectivity index (χ3n) is 13.5. The van der Waals surface area contributed by atoms with E-state index in [1.165, 1.54) is 180 Å². The van der Waals surface area contributed by atoms with Crippen molar-refractivity contribution in [1.82, 2.24) is 0 Å². The van der Waals surface area contributed by atoms with E-state index < -0.39 is 6.10 Å². The fraction of sp³-hybridized carbons (Fsp3) is 0.800. The van der Waals surface area contributed by atoms with Crippen molar-refractivity contribution in [3.63, 3.8) is 0 Å². The summed E-state index contributed by atoms with van der Waals surface area (Å²) in [6.45, 7) is 6.54. The minimum atomic E-state index is -0.785. The van der Waals surface area contributed by atoms with Crippen molar-refractivity contribution < 1.29 is 28.6 Å². The zero-order valence-electron chi connectivity index (χ0n) is 47.2. The summed E-state index contributed by atoms with van der Waals surface area (Å²) < 4.78 is 16.9. The third kappa shape index (κ3) is 57.9. The van der Waals surface area contributed by atoms with Crippen LogP contribution in [0.3, 0.4) is 0 Å².